The molecular weight excluding hydrogens is 218 g/mol. The molecule has 1 fully saturated rings. The Bertz CT molecular complexity index is 361. The van der Waals surface area contributed by atoms with Crippen LogP contribution in [0.2, 0.25) is 0 Å². The lowest BCUT2D eigenvalue weighted by atomic mass is 9.94. The third-order valence-electron chi connectivity index (χ3n) is 3.12. The van der Waals surface area contributed by atoms with Gasteiger partial charge in [0.25, 0.3) is 0 Å². The average Bonchev–Trinajstić information content (AvgIpc) is 2.40. The van der Waals surface area contributed by atoms with Gasteiger partial charge in [0.2, 0.25) is 5.91 Å². The van der Waals surface area contributed by atoms with Gasteiger partial charge in [-0.25, -0.2) is 0 Å². The maximum atomic E-state index is 11.6. The van der Waals surface area contributed by atoms with E-state index in [9.17, 15) is 4.79 Å². The van der Waals surface area contributed by atoms with Crippen LogP contribution in [0.5, 0.6) is 0 Å². The van der Waals surface area contributed by atoms with E-state index in [1.807, 2.05) is 11.1 Å². The van der Waals surface area contributed by atoms with Crippen molar-refractivity contribution >= 4 is 5.91 Å². The zero-order valence-corrected chi connectivity index (χ0v) is 10.0. The lowest BCUT2D eigenvalue weighted by molar-refractivity contribution is -0.136. The first-order chi connectivity index (χ1) is 8.31. The molecule has 1 aliphatic heterocycles. The van der Waals surface area contributed by atoms with Crippen LogP contribution in [0.15, 0.2) is 18.6 Å². The second-order valence-corrected chi connectivity index (χ2v) is 4.22. The van der Waals surface area contributed by atoms with Crippen molar-refractivity contribution < 1.29 is 9.53 Å². The quantitative estimate of drug-likeness (QED) is 0.778. The Balaban J connectivity index is 1.88. The molecule has 1 aliphatic rings. The summed E-state index contributed by atoms with van der Waals surface area (Å²) in [4.78, 5) is 21.9. The van der Waals surface area contributed by atoms with Gasteiger partial charge >= 0.3 is 0 Å². The van der Waals surface area contributed by atoms with Crippen molar-refractivity contribution in [3.63, 3.8) is 0 Å². The van der Waals surface area contributed by atoms with Gasteiger partial charge in [0.15, 0.2) is 0 Å². The molecule has 0 bridgehead atoms. The van der Waals surface area contributed by atoms with Crippen molar-refractivity contribution in [3.05, 3.63) is 24.3 Å². The number of rotatable bonds is 3. The molecule has 92 valence electrons. The van der Waals surface area contributed by atoms with Gasteiger partial charge in [-0.1, -0.05) is 0 Å². The fourth-order valence-corrected chi connectivity index (χ4v) is 2.16. The van der Waals surface area contributed by atoms with Crippen molar-refractivity contribution in [1.82, 2.24) is 14.9 Å². The summed E-state index contributed by atoms with van der Waals surface area (Å²) in [5.41, 5.74) is 1.03. The number of hydrogen-bond donors (Lipinski definition) is 0. The molecule has 2 rings (SSSR count). The molecule has 2 heterocycles. The standard InChI is InChI=1S/C12H17N3O2/c1-17-9-12(16)15-6-2-10(3-7-15)11-8-13-4-5-14-11/h4-5,8,10H,2-3,6-7,9H2,1H3. The van der Waals surface area contributed by atoms with Crippen molar-refractivity contribution in [3.8, 4) is 0 Å². The fraction of sp³-hybridized carbons (Fsp3) is 0.583. The number of ether oxygens (including phenoxy) is 1. The van der Waals surface area contributed by atoms with E-state index in [1.165, 1.54) is 0 Å². The summed E-state index contributed by atoms with van der Waals surface area (Å²) < 4.78 is 4.85. The predicted molar refractivity (Wildman–Crippen MR) is 62.5 cm³/mol. The molecule has 17 heavy (non-hydrogen) atoms. The van der Waals surface area contributed by atoms with Gasteiger partial charge in [-0.15, -0.1) is 0 Å². The summed E-state index contributed by atoms with van der Waals surface area (Å²) >= 11 is 0. The minimum Gasteiger partial charge on any atom is -0.375 e. The van der Waals surface area contributed by atoms with Gasteiger partial charge in [0, 0.05) is 44.7 Å². The zero-order chi connectivity index (χ0) is 12.1. The second kappa shape index (κ2) is 5.72. The number of piperidine rings is 1. The Morgan fingerprint density at radius 2 is 2.24 bits per heavy atom. The maximum Gasteiger partial charge on any atom is 0.248 e. The van der Waals surface area contributed by atoms with Crippen LogP contribution in [0.4, 0.5) is 0 Å². The summed E-state index contributed by atoms with van der Waals surface area (Å²) in [6.45, 7) is 1.74. The zero-order valence-electron chi connectivity index (χ0n) is 10.0. The topological polar surface area (TPSA) is 55.3 Å². The van der Waals surface area contributed by atoms with Gasteiger partial charge in [-0.05, 0) is 12.8 Å². The minimum atomic E-state index is 0.0742. The molecule has 5 nitrogen and oxygen atoms in total. The summed E-state index contributed by atoms with van der Waals surface area (Å²) in [5, 5.41) is 0. The molecule has 0 radical (unpaired) electrons. The first-order valence-corrected chi connectivity index (χ1v) is 5.84. The summed E-state index contributed by atoms with van der Waals surface area (Å²) in [6, 6.07) is 0. The molecule has 0 unspecified atom stereocenters. The van der Waals surface area contributed by atoms with Crippen LogP contribution in [0.1, 0.15) is 24.5 Å². The number of aromatic nitrogens is 2. The lowest BCUT2D eigenvalue weighted by Gasteiger charge is -2.31. The van der Waals surface area contributed by atoms with E-state index in [0.29, 0.717) is 5.92 Å². The molecule has 1 saturated heterocycles. The average molecular weight is 235 g/mol. The van der Waals surface area contributed by atoms with E-state index in [2.05, 4.69) is 9.97 Å². The van der Waals surface area contributed by atoms with Crippen LogP contribution >= 0.6 is 0 Å². The third-order valence-corrected chi connectivity index (χ3v) is 3.12. The minimum absolute atomic E-state index is 0.0742. The Morgan fingerprint density at radius 3 is 2.82 bits per heavy atom. The SMILES string of the molecule is COCC(=O)N1CCC(c2cnccn2)CC1. The fourth-order valence-electron chi connectivity index (χ4n) is 2.16. The molecule has 0 saturated carbocycles. The highest BCUT2D eigenvalue weighted by atomic mass is 16.5. The Hall–Kier alpha value is -1.49. The Kier molecular flexibility index (Phi) is 4.03. The lowest BCUT2D eigenvalue weighted by Crippen LogP contribution is -2.39. The van der Waals surface area contributed by atoms with Crippen LogP contribution in [-0.4, -0.2) is 47.6 Å². The van der Waals surface area contributed by atoms with Crippen molar-refractivity contribution in [2.24, 2.45) is 0 Å². The van der Waals surface area contributed by atoms with Gasteiger partial charge in [-0.3, -0.25) is 14.8 Å². The number of carbonyl (C=O) groups excluding carboxylic acids is 1. The molecule has 5 heteroatoms. The molecule has 1 aromatic heterocycles. The van der Waals surface area contributed by atoms with E-state index in [-0.39, 0.29) is 12.5 Å². The van der Waals surface area contributed by atoms with Gasteiger partial charge in [0.05, 0.1) is 5.69 Å². The number of likely N-dealkylation sites (tertiary alicyclic amines) is 1. The van der Waals surface area contributed by atoms with Gasteiger partial charge < -0.3 is 9.64 Å². The van der Waals surface area contributed by atoms with E-state index < -0.39 is 0 Å². The number of amides is 1. The van der Waals surface area contributed by atoms with Crippen molar-refractivity contribution in [2.75, 3.05) is 26.8 Å². The van der Waals surface area contributed by atoms with Crippen molar-refractivity contribution in [2.45, 2.75) is 18.8 Å². The molecule has 0 spiro atoms. The highest BCUT2D eigenvalue weighted by molar-refractivity contribution is 5.77. The summed E-state index contributed by atoms with van der Waals surface area (Å²) in [6.07, 6.45) is 7.12. The summed E-state index contributed by atoms with van der Waals surface area (Å²) in [7, 11) is 1.55. The van der Waals surface area contributed by atoms with Crippen LogP contribution in [0, 0.1) is 0 Å². The number of carbonyl (C=O) groups is 1. The largest absolute Gasteiger partial charge is 0.375 e. The molecule has 1 amide bonds. The molecule has 0 N–H and O–H groups in total. The Labute approximate surface area is 101 Å². The van der Waals surface area contributed by atoms with E-state index in [0.717, 1.165) is 31.6 Å². The second-order valence-electron chi connectivity index (χ2n) is 4.22. The van der Waals surface area contributed by atoms with Crippen LogP contribution in [-0.2, 0) is 9.53 Å². The highest BCUT2D eigenvalue weighted by Gasteiger charge is 2.24. The normalized spacial score (nSPS) is 17.1. The van der Waals surface area contributed by atoms with E-state index >= 15 is 0 Å². The van der Waals surface area contributed by atoms with E-state index in [1.54, 1.807) is 19.5 Å². The first-order valence-electron chi connectivity index (χ1n) is 5.84. The predicted octanol–water partition coefficient (Wildman–Crippen LogP) is 0.829. The number of hydrogen-bond acceptors (Lipinski definition) is 4. The van der Waals surface area contributed by atoms with E-state index in [4.69, 9.17) is 4.74 Å². The Morgan fingerprint density at radius 1 is 1.47 bits per heavy atom. The maximum absolute atomic E-state index is 11.6. The molecular formula is C12H17N3O2. The smallest absolute Gasteiger partial charge is 0.248 e. The number of nitrogens with zero attached hydrogens (tertiary/aromatic N) is 3. The molecule has 1 aromatic rings. The monoisotopic (exact) mass is 235 g/mol. The molecule has 0 aliphatic carbocycles. The van der Waals surface area contributed by atoms with Crippen LogP contribution < -0.4 is 0 Å². The van der Waals surface area contributed by atoms with Gasteiger partial charge in [-0.2, -0.15) is 0 Å². The highest BCUT2D eigenvalue weighted by Crippen LogP contribution is 2.25. The summed E-state index contributed by atoms with van der Waals surface area (Å²) in [5.74, 6) is 0.500. The molecule has 0 aromatic carbocycles. The van der Waals surface area contributed by atoms with Gasteiger partial charge in [0.1, 0.15) is 6.61 Å². The third kappa shape index (κ3) is 3.00. The first kappa shape index (κ1) is 12.0. The number of methoxy groups -OCH3 is 1. The molecule has 0 atom stereocenters. The van der Waals surface area contributed by atoms with Crippen LogP contribution in [0.3, 0.4) is 0 Å². The van der Waals surface area contributed by atoms with Crippen LogP contribution in [0.25, 0.3) is 0 Å². The van der Waals surface area contributed by atoms with Crippen molar-refractivity contribution in [1.29, 1.82) is 0 Å².